The number of unbranched alkanes of at least 4 members (excludes halogenated alkanes) is 1. The summed E-state index contributed by atoms with van der Waals surface area (Å²) in [7, 11) is 0. The molecule has 0 unspecified atom stereocenters. The lowest BCUT2D eigenvalue weighted by atomic mass is 9.93. The van der Waals surface area contributed by atoms with Crippen LogP contribution in [-0.4, -0.2) is 6.61 Å². The number of hydrogen-bond acceptors (Lipinski definition) is 4. The summed E-state index contributed by atoms with van der Waals surface area (Å²) in [6.07, 6.45) is 2.02. The maximum atomic E-state index is 13.5. The molecule has 0 bridgehead atoms. The number of hydrogen-bond donors (Lipinski definition) is 0. The van der Waals surface area contributed by atoms with Crippen LogP contribution in [0, 0.1) is 0 Å². The van der Waals surface area contributed by atoms with E-state index >= 15 is 0 Å². The molecule has 0 atom stereocenters. The molecule has 4 nitrogen and oxygen atoms in total. The summed E-state index contributed by atoms with van der Waals surface area (Å²) in [6.45, 7) is 2.76. The van der Waals surface area contributed by atoms with E-state index in [-0.39, 0.29) is 5.63 Å². The van der Waals surface area contributed by atoms with E-state index in [1.165, 1.54) is 0 Å². The van der Waals surface area contributed by atoms with Crippen molar-refractivity contribution in [3.05, 3.63) is 144 Å². The van der Waals surface area contributed by atoms with Crippen molar-refractivity contribution in [2.24, 2.45) is 0 Å². The first-order chi connectivity index (χ1) is 20.2. The lowest BCUT2D eigenvalue weighted by Gasteiger charge is -2.25. The minimum atomic E-state index is -0.372. The molecule has 0 spiro atoms. The molecule has 0 N–H and O–H groups in total. The van der Waals surface area contributed by atoms with E-state index in [1.807, 2.05) is 84.9 Å². The number of benzene rings is 5. The van der Waals surface area contributed by atoms with Crippen LogP contribution >= 0.6 is 0 Å². The molecular weight excluding hydrogens is 506 g/mol. The highest BCUT2D eigenvalue weighted by Crippen LogP contribution is 2.40. The number of ether oxygens (including phenoxy) is 1. The molecule has 6 rings (SSSR count). The molecule has 0 saturated heterocycles. The number of rotatable bonds is 9. The molecule has 0 amide bonds. The maximum Gasteiger partial charge on any atom is 0.344 e. The zero-order valence-electron chi connectivity index (χ0n) is 23.0. The van der Waals surface area contributed by atoms with Crippen molar-refractivity contribution in [2.45, 2.75) is 19.8 Å². The van der Waals surface area contributed by atoms with Gasteiger partial charge in [0, 0.05) is 34.1 Å². The topological polar surface area (TPSA) is 42.7 Å². The first-order valence-corrected chi connectivity index (χ1v) is 14.0. The Balaban J connectivity index is 1.49. The van der Waals surface area contributed by atoms with Gasteiger partial charge in [-0.2, -0.15) is 0 Å². The molecule has 1 heterocycles. The Morgan fingerprint density at radius 3 is 1.80 bits per heavy atom. The molecule has 0 aliphatic carbocycles. The Hall–Kier alpha value is -5.09. The van der Waals surface area contributed by atoms with Crippen LogP contribution in [0.5, 0.6) is 5.75 Å². The van der Waals surface area contributed by atoms with Gasteiger partial charge in [-0.15, -0.1) is 0 Å². The van der Waals surface area contributed by atoms with E-state index in [4.69, 9.17) is 9.15 Å². The van der Waals surface area contributed by atoms with Gasteiger partial charge in [0.25, 0.3) is 0 Å². The summed E-state index contributed by atoms with van der Waals surface area (Å²) in [4.78, 5) is 15.8. The lowest BCUT2D eigenvalue weighted by molar-refractivity contribution is 0.309. The highest BCUT2D eigenvalue weighted by molar-refractivity contribution is 6.01. The van der Waals surface area contributed by atoms with Crippen molar-refractivity contribution in [1.29, 1.82) is 0 Å². The van der Waals surface area contributed by atoms with Crippen molar-refractivity contribution < 1.29 is 9.15 Å². The Kier molecular flexibility index (Phi) is 7.63. The summed E-state index contributed by atoms with van der Waals surface area (Å²) < 4.78 is 11.8. The fraction of sp³-hybridized carbons (Fsp3) is 0.108. The van der Waals surface area contributed by atoms with E-state index in [0.717, 1.165) is 52.0 Å². The largest absolute Gasteiger partial charge is 0.493 e. The molecule has 0 aliphatic rings. The van der Waals surface area contributed by atoms with Gasteiger partial charge in [0.1, 0.15) is 11.3 Å². The third kappa shape index (κ3) is 5.50. The summed E-state index contributed by atoms with van der Waals surface area (Å²) >= 11 is 0. The summed E-state index contributed by atoms with van der Waals surface area (Å²) in [5.41, 5.74) is 6.45. The Morgan fingerprint density at radius 2 is 1.20 bits per heavy atom. The lowest BCUT2D eigenvalue weighted by Crippen LogP contribution is -2.09. The van der Waals surface area contributed by atoms with Crippen molar-refractivity contribution >= 4 is 28.0 Å². The zero-order valence-corrected chi connectivity index (χ0v) is 23.0. The summed E-state index contributed by atoms with van der Waals surface area (Å²) in [5, 5.41) is 0.863. The minimum Gasteiger partial charge on any atom is -0.493 e. The van der Waals surface area contributed by atoms with E-state index in [0.29, 0.717) is 23.5 Å². The van der Waals surface area contributed by atoms with Crippen molar-refractivity contribution in [3.63, 3.8) is 0 Å². The Morgan fingerprint density at radius 1 is 0.634 bits per heavy atom. The third-order valence-electron chi connectivity index (χ3n) is 7.15. The van der Waals surface area contributed by atoms with E-state index in [9.17, 15) is 4.79 Å². The van der Waals surface area contributed by atoms with Gasteiger partial charge in [-0.25, -0.2) is 4.79 Å². The van der Waals surface area contributed by atoms with Gasteiger partial charge in [-0.1, -0.05) is 92.2 Å². The van der Waals surface area contributed by atoms with Gasteiger partial charge >= 0.3 is 5.63 Å². The van der Waals surface area contributed by atoms with Crippen LogP contribution in [0.3, 0.4) is 0 Å². The van der Waals surface area contributed by atoms with Gasteiger partial charge in [-0.3, -0.25) is 0 Å². The van der Waals surface area contributed by atoms with E-state index in [2.05, 4.69) is 60.4 Å². The van der Waals surface area contributed by atoms with Crippen molar-refractivity contribution in [1.82, 2.24) is 0 Å². The average Bonchev–Trinajstić information content (AvgIpc) is 3.02. The Labute approximate surface area is 240 Å². The van der Waals surface area contributed by atoms with Crippen LogP contribution in [0.1, 0.15) is 19.8 Å². The van der Waals surface area contributed by atoms with Crippen LogP contribution in [-0.2, 0) is 0 Å². The summed E-state index contributed by atoms with van der Waals surface area (Å²) in [6, 6.07) is 44.5. The van der Waals surface area contributed by atoms with Crippen LogP contribution < -0.4 is 15.3 Å². The molecular formula is C37H31NO3. The molecule has 0 radical (unpaired) electrons. The third-order valence-corrected chi connectivity index (χ3v) is 7.15. The van der Waals surface area contributed by atoms with Crippen LogP contribution in [0.4, 0.5) is 17.1 Å². The van der Waals surface area contributed by atoms with Gasteiger partial charge < -0.3 is 14.1 Å². The average molecular weight is 538 g/mol. The van der Waals surface area contributed by atoms with Gasteiger partial charge in [0.2, 0.25) is 0 Å². The molecule has 0 saturated carbocycles. The molecule has 41 heavy (non-hydrogen) atoms. The minimum absolute atomic E-state index is 0.372. The second kappa shape index (κ2) is 12.0. The molecule has 6 aromatic rings. The first-order valence-electron chi connectivity index (χ1n) is 14.0. The molecule has 202 valence electrons. The zero-order chi connectivity index (χ0) is 28.0. The highest BCUT2D eigenvalue weighted by Gasteiger charge is 2.19. The SMILES string of the molecule is CCCCOc1ccc2c(-c3ccc(N(c4ccccc4)c4ccccc4)cc3)c(-c3ccccc3)c(=O)oc2c1. The molecule has 1 aromatic heterocycles. The van der Waals surface area contributed by atoms with Gasteiger partial charge in [0.05, 0.1) is 12.2 Å². The predicted molar refractivity (Wildman–Crippen MR) is 168 cm³/mol. The second-order valence-corrected chi connectivity index (χ2v) is 9.92. The van der Waals surface area contributed by atoms with Crippen LogP contribution in [0.15, 0.2) is 143 Å². The normalized spacial score (nSPS) is 11.0. The number of nitrogens with zero attached hydrogens (tertiary/aromatic N) is 1. The van der Waals surface area contributed by atoms with Gasteiger partial charge in [-0.05, 0) is 66.1 Å². The van der Waals surface area contributed by atoms with E-state index in [1.54, 1.807) is 0 Å². The standard InChI is InChI=1S/C37H31NO3/c1-2-3-25-40-32-23-24-33-34(26-32)41-37(39)36(27-13-7-4-8-14-27)35(33)28-19-21-31(22-20-28)38(29-15-9-5-10-16-29)30-17-11-6-12-18-30/h4-24,26H,2-3,25H2,1H3. The Bertz CT molecular complexity index is 1760. The van der Waals surface area contributed by atoms with Crippen molar-refractivity contribution in [3.8, 4) is 28.0 Å². The maximum absolute atomic E-state index is 13.5. The first kappa shape index (κ1) is 26.1. The smallest absolute Gasteiger partial charge is 0.344 e. The molecule has 0 fully saturated rings. The number of para-hydroxylation sites is 2. The monoisotopic (exact) mass is 537 g/mol. The van der Waals surface area contributed by atoms with Gasteiger partial charge in [0.15, 0.2) is 0 Å². The fourth-order valence-electron chi connectivity index (χ4n) is 5.15. The van der Waals surface area contributed by atoms with E-state index < -0.39 is 0 Å². The molecule has 5 aromatic carbocycles. The summed E-state index contributed by atoms with van der Waals surface area (Å²) in [5.74, 6) is 0.698. The molecule has 0 aliphatic heterocycles. The highest BCUT2D eigenvalue weighted by atomic mass is 16.5. The predicted octanol–water partition coefficient (Wildman–Crippen LogP) is 9.78. The second-order valence-electron chi connectivity index (χ2n) is 9.92. The van der Waals surface area contributed by atoms with Crippen molar-refractivity contribution in [2.75, 3.05) is 11.5 Å². The number of anilines is 3. The fourth-order valence-corrected chi connectivity index (χ4v) is 5.15. The van der Waals surface area contributed by atoms with Crippen LogP contribution in [0.25, 0.3) is 33.2 Å². The van der Waals surface area contributed by atoms with Crippen LogP contribution in [0.2, 0.25) is 0 Å². The quantitative estimate of drug-likeness (QED) is 0.136. The number of fused-ring (bicyclic) bond motifs is 1. The molecule has 4 heteroatoms.